The minimum Gasteiger partial charge on any atom is -0.478 e. The second-order valence-corrected chi connectivity index (χ2v) is 7.08. The zero-order chi connectivity index (χ0) is 19.2. The number of aryl methyl sites for hydroxylation is 1. The van der Waals surface area contributed by atoms with E-state index in [0.717, 1.165) is 18.8 Å². The van der Waals surface area contributed by atoms with Crippen LogP contribution in [0, 0.1) is 0 Å². The van der Waals surface area contributed by atoms with Crippen LogP contribution in [0.4, 0.5) is 5.82 Å². The highest BCUT2D eigenvalue weighted by atomic mass is 16.4. The monoisotopic (exact) mass is 368 g/mol. The third-order valence-electron chi connectivity index (χ3n) is 4.80. The van der Waals surface area contributed by atoms with Gasteiger partial charge in [-0.3, -0.25) is 0 Å². The summed E-state index contributed by atoms with van der Waals surface area (Å²) < 4.78 is 0. The van der Waals surface area contributed by atoms with Crippen molar-refractivity contribution in [3.8, 4) is 0 Å². The van der Waals surface area contributed by atoms with Crippen molar-refractivity contribution in [3.05, 3.63) is 59.8 Å². The lowest BCUT2D eigenvalue weighted by atomic mass is 10.0. The van der Waals surface area contributed by atoms with Crippen LogP contribution in [0.5, 0.6) is 0 Å². The fourth-order valence-electron chi connectivity index (χ4n) is 3.18. The molecule has 2 rings (SSSR count). The Morgan fingerprint density at radius 1 is 0.815 bits per heavy atom. The third-order valence-corrected chi connectivity index (χ3v) is 4.80. The summed E-state index contributed by atoms with van der Waals surface area (Å²) in [5.41, 5.74) is 1.68. The van der Waals surface area contributed by atoms with E-state index in [4.69, 9.17) is 5.11 Å². The molecule has 0 saturated heterocycles. The zero-order valence-electron chi connectivity index (χ0n) is 16.2. The van der Waals surface area contributed by atoms with Crippen LogP contribution in [0.3, 0.4) is 0 Å². The standard InChI is InChI=1S/C23H32N2O2/c26-23(27)21-16-17-22(25-19-21)24-18-12-7-5-3-1-2-4-6-9-13-20-14-10-8-11-15-20/h8,10-11,14-17,19H,1-7,9,12-13,18H2,(H,24,25)(H,26,27). The third kappa shape index (κ3) is 9.23. The summed E-state index contributed by atoms with van der Waals surface area (Å²) >= 11 is 0. The molecule has 0 amide bonds. The molecule has 146 valence electrons. The highest BCUT2D eigenvalue weighted by Gasteiger charge is 2.02. The second-order valence-electron chi connectivity index (χ2n) is 7.08. The summed E-state index contributed by atoms with van der Waals surface area (Å²) in [5.74, 6) is -0.194. The maximum atomic E-state index is 10.8. The van der Waals surface area contributed by atoms with Crippen LogP contribution in [0.2, 0.25) is 0 Å². The van der Waals surface area contributed by atoms with E-state index in [1.165, 1.54) is 69.5 Å². The van der Waals surface area contributed by atoms with Crippen LogP contribution < -0.4 is 5.32 Å². The Morgan fingerprint density at radius 3 is 2.04 bits per heavy atom. The molecule has 4 heteroatoms. The van der Waals surface area contributed by atoms with Gasteiger partial charge < -0.3 is 10.4 Å². The second kappa shape index (κ2) is 12.9. The molecule has 0 bridgehead atoms. The van der Waals surface area contributed by atoms with E-state index >= 15 is 0 Å². The summed E-state index contributed by atoms with van der Waals surface area (Å²) in [7, 11) is 0. The van der Waals surface area contributed by atoms with E-state index in [2.05, 4.69) is 40.6 Å². The van der Waals surface area contributed by atoms with Gasteiger partial charge in [0.15, 0.2) is 0 Å². The highest BCUT2D eigenvalue weighted by molar-refractivity contribution is 5.87. The molecule has 0 radical (unpaired) electrons. The van der Waals surface area contributed by atoms with E-state index in [1.54, 1.807) is 12.1 Å². The molecule has 0 unspecified atom stereocenters. The van der Waals surface area contributed by atoms with E-state index in [1.807, 2.05) is 0 Å². The quantitative estimate of drug-likeness (QED) is 0.405. The Labute approximate surface area is 163 Å². The molecule has 0 aliphatic carbocycles. The minimum absolute atomic E-state index is 0.223. The lowest BCUT2D eigenvalue weighted by molar-refractivity contribution is 0.0696. The van der Waals surface area contributed by atoms with Gasteiger partial charge in [0, 0.05) is 12.7 Å². The van der Waals surface area contributed by atoms with E-state index in [9.17, 15) is 4.79 Å². The van der Waals surface area contributed by atoms with E-state index < -0.39 is 5.97 Å². The van der Waals surface area contributed by atoms with E-state index in [-0.39, 0.29) is 5.56 Å². The average molecular weight is 369 g/mol. The smallest absolute Gasteiger partial charge is 0.337 e. The zero-order valence-corrected chi connectivity index (χ0v) is 16.2. The molecule has 1 aromatic carbocycles. The van der Waals surface area contributed by atoms with Crippen molar-refractivity contribution in [1.29, 1.82) is 0 Å². The molecule has 0 atom stereocenters. The number of unbranched alkanes of at least 4 members (excludes halogenated alkanes) is 8. The van der Waals surface area contributed by atoms with Crippen molar-refractivity contribution in [2.75, 3.05) is 11.9 Å². The average Bonchev–Trinajstić information content (AvgIpc) is 2.70. The molecule has 0 saturated carbocycles. The number of pyridine rings is 1. The molecule has 2 aromatic rings. The van der Waals surface area contributed by atoms with Crippen LogP contribution in [0.25, 0.3) is 0 Å². The van der Waals surface area contributed by atoms with Crippen LogP contribution in [0.1, 0.15) is 73.7 Å². The number of anilines is 1. The number of benzene rings is 1. The van der Waals surface area contributed by atoms with Crippen molar-refractivity contribution in [2.45, 2.75) is 64.2 Å². The van der Waals surface area contributed by atoms with Gasteiger partial charge in [0.1, 0.15) is 5.82 Å². The Bertz CT molecular complexity index is 641. The topological polar surface area (TPSA) is 62.2 Å². The van der Waals surface area contributed by atoms with Crippen LogP contribution in [-0.2, 0) is 6.42 Å². The number of nitrogens with zero attached hydrogens (tertiary/aromatic N) is 1. The number of carbonyl (C=O) groups is 1. The molecule has 0 aliphatic rings. The van der Waals surface area contributed by atoms with Crippen molar-refractivity contribution < 1.29 is 9.90 Å². The first-order valence-corrected chi connectivity index (χ1v) is 10.2. The summed E-state index contributed by atoms with van der Waals surface area (Å²) in [6, 6.07) is 14.1. The predicted octanol–water partition coefficient (Wildman–Crippen LogP) is 5.95. The van der Waals surface area contributed by atoms with Gasteiger partial charge >= 0.3 is 5.97 Å². The van der Waals surface area contributed by atoms with Crippen LogP contribution in [0.15, 0.2) is 48.7 Å². The SMILES string of the molecule is O=C(O)c1ccc(NCCCCCCCCCCCc2ccccc2)nc1. The Kier molecular flexibility index (Phi) is 10.0. The molecule has 27 heavy (non-hydrogen) atoms. The molecular formula is C23H32N2O2. The van der Waals surface area contributed by atoms with Gasteiger partial charge in [0.25, 0.3) is 0 Å². The first-order valence-electron chi connectivity index (χ1n) is 10.2. The maximum Gasteiger partial charge on any atom is 0.337 e. The number of aromatic nitrogens is 1. The lowest BCUT2D eigenvalue weighted by Crippen LogP contribution is -2.04. The normalized spacial score (nSPS) is 10.7. The Hall–Kier alpha value is -2.36. The first-order chi connectivity index (χ1) is 13.3. The van der Waals surface area contributed by atoms with Crippen molar-refractivity contribution >= 4 is 11.8 Å². The highest BCUT2D eigenvalue weighted by Crippen LogP contribution is 2.12. The van der Waals surface area contributed by atoms with Crippen molar-refractivity contribution in [1.82, 2.24) is 4.98 Å². The Morgan fingerprint density at radius 2 is 1.44 bits per heavy atom. The number of aromatic carboxylic acids is 1. The predicted molar refractivity (Wildman–Crippen MR) is 111 cm³/mol. The summed E-state index contributed by atoms with van der Waals surface area (Å²) in [6.07, 6.45) is 14.3. The molecule has 1 heterocycles. The largest absolute Gasteiger partial charge is 0.478 e. The van der Waals surface area contributed by atoms with Gasteiger partial charge in [-0.2, -0.15) is 0 Å². The molecule has 4 nitrogen and oxygen atoms in total. The lowest BCUT2D eigenvalue weighted by Gasteiger charge is -2.06. The molecule has 0 fully saturated rings. The van der Waals surface area contributed by atoms with Gasteiger partial charge in [0.05, 0.1) is 5.56 Å². The summed E-state index contributed by atoms with van der Waals surface area (Å²) in [6.45, 7) is 0.888. The molecule has 0 spiro atoms. The van der Waals surface area contributed by atoms with Gasteiger partial charge in [0.2, 0.25) is 0 Å². The number of nitrogens with one attached hydrogen (secondary N) is 1. The molecule has 2 N–H and O–H groups in total. The van der Waals surface area contributed by atoms with Gasteiger partial charge in [-0.1, -0.05) is 75.3 Å². The first kappa shape index (κ1) is 20.9. The number of hydrogen-bond donors (Lipinski definition) is 2. The van der Waals surface area contributed by atoms with E-state index in [0.29, 0.717) is 0 Å². The maximum absolute atomic E-state index is 10.8. The summed E-state index contributed by atoms with van der Waals surface area (Å²) in [4.78, 5) is 14.9. The van der Waals surface area contributed by atoms with Gasteiger partial charge in [-0.25, -0.2) is 9.78 Å². The molecule has 0 aliphatic heterocycles. The fourth-order valence-corrected chi connectivity index (χ4v) is 3.18. The Balaban J connectivity index is 1.37. The van der Waals surface area contributed by atoms with Crippen molar-refractivity contribution in [3.63, 3.8) is 0 Å². The fraction of sp³-hybridized carbons (Fsp3) is 0.478. The summed E-state index contributed by atoms with van der Waals surface area (Å²) in [5, 5.41) is 12.1. The minimum atomic E-state index is -0.940. The van der Waals surface area contributed by atoms with Gasteiger partial charge in [-0.15, -0.1) is 0 Å². The van der Waals surface area contributed by atoms with Gasteiger partial charge in [-0.05, 0) is 37.0 Å². The van der Waals surface area contributed by atoms with Crippen LogP contribution in [-0.4, -0.2) is 22.6 Å². The number of rotatable bonds is 14. The van der Waals surface area contributed by atoms with Crippen LogP contribution >= 0.6 is 0 Å². The van der Waals surface area contributed by atoms with Crippen molar-refractivity contribution in [2.24, 2.45) is 0 Å². The molecular weight excluding hydrogens is 336 g/mol. The number of carboxylic acid groups (broad SMARTS) is 1. The number of hydrogen-bond acceptors (Lipinski definition) is 3. The molecule has 1 aromatic heterocycles. The number of carboxylic acids is 1.